The molecule has 0 fully saturated rings. The van der Waals surface area contributed by atoms with Crippen molar-refractivity contribution in [1.29, 1.82) is 0 Å². The molecule has 5 nitrogen and oxygen atoms in total. The first-order chi connectivity index (χ1) is 20.0. The summed E-state index contributed by atoms with van der Waals surface area (Å²) in [7, 11) is -4.24. The number of hydrogen-bond acceptors (Lipinski definition) is 4. The zero-order valence-corrected chi connectivity index (χ0v) is 26.5. The quantitative estimate of drug-likeness (QED) is 0.100. The van der Waals surface area contributed by atoms with E-state index in [4.69, 9.17) is 0 Å². The van der Waals surface area contributed by atoms with Crippen molar-refractivity contribution in [2.75, 3.05) is 10.2 Å². The van der Waals surface area contributed by atoms with E-state index in [-0.39, 0.29) is 11.1 Å². The van der Waals surface area contributed by atoms with Gasteiger partial charge >= 0.3 is 0 Å². The molecule has 0 amide bonds. The third-order valence-electron chi connectivity index (χ3n) is 8.55. The lowest BCUT2D eigenvalue weighted by molar-refractivity contribution is 0.483. The van der Waals surface area contributed by atoms with Gasteiger partial charge in [-0.1, -0.05) is 153 Å². The fraction of sp³-hybridized carbons (Fsp3) is 0.657. The smallest absolute Gasteiger partial charge is 0.294 e. The predicted molar refractivity (Wildman–Crippen MR) is 174 cm³/mol. The predicted octanol–water partition coefficient (Wildman–Crippen LogP) is 10.5. The molecule has 0 saturated heterocycles. The molecule has 0 saturated carbocycles. The van der Waals surface area contributed by atoms with Crippen LogP contribution in [0.1, 0.15) is 141 Å². The van der Waals surface area contributed by atoms with Crippen molar-refractivity contribution in [3.05, 3.63) is 54.1 Å². The van der Waals surface area contributed by atoms with Crippen molar-refractivity contribution in [2.45, 2.75) is 153 Å². The summed E-state index contributed by atoms with van der Waals surface area (Å²) in [5, 5.41) is 3.59. The van der Waals surface area contributed by atoms with E-state index in [1.54, 1.807) is 12.1 Å². The molecular formula is C35H56N2O3S. The molecule has 0 spiro atoms. The molecule has 0 bridgehead atoms. The van der Waals surface area contributed by atoms with Crippen molar-refractivity contribution in [3.8, 4) is 0 Å². The van der Waals surface area contributed by atoms with Crippen LogP contribution in [0.15, 0.2) is 53.4 Å². The Bertz CT molecular complexity index is 1070. The van der Waals surface area contributed by atoms with Crippen LogP contribution in [0, 0.1) is 0 Å². The van der Waals surface area contributed by atoms with Gasteiger partial charge in [-0.05, 0) is 36.6 Å². The highest BCUT2D eigenvalue weighted by molar-refractivity contribution is 7.85. The van der Waals surface area contributed by atoms with Crippen LogP contribution in [0.25, 0.3) is 0 Å². The number of nitrogens with one attached hydrogen (secondary N) is 1. The summed E-state index contributed by atoms with van der Waals surface area (Å²) >= 11 is 0. The van der Waals surface area contributed by atoms with E-state index >= 15 is 0 Å². The number of fused-ring (bicyclic) bond motifs is 1. The van der Waals surface area contributed by atoms with Gasteiger partial charge in [0.2, 0.25) is 0 Å². The molecule has 0 aromatic heterocycles. The number of nitrogens with zero attached hydrogens (tertiary/aromatic N) is 1. The Morgan fingerprint density at radius 3 is 1.66 bits per heavy atom. The minimum absolute atomic E-state index is 0.0553. The van der Waals surface area contributed by atoms with Gasteiger partial charge in [0.15, 0.2) is 0 Å². The fourth-order valence-corrected chi connectivity index (χ4v) is 6.58. The summed E-state index contributed by atoms with van der Waals surface area (Å²) in [5.41, 5.74) is 2.94. The average Bonchev–Trinajstić information content (AvgIpc) is 3.30. The van der Waals surface area contributed by atoms with Gasteiger partial charge < -0.3 is 10.2 Å². The minimum atomic E-state index is -4.24. The summed E-state index contributed by atoms with van der Waals surface area (Å²) in [5.74, 6) is 0. The lowest BCUT2D eigenvalue weighted by atomic mass is 10.0. The third kappa shape index (κ3) is 12.8. The Morgan fingerprint density at radius 2 is 1.17 bits per heavy atom. The second-order valence-corrected chi connectivity index (χ2v) is 13.5. The summed E-state index contributed by atoms with van der Waals surface area (Å²) < 4.78 is 33.1. The van der Waals surface area contributed by atoms with Crippen molar-refractivity contribution >= 4 is 21.5 Å². The Labute approximate surface area is 251 Å². The maximum Gasteiger partial charge on any atom is 0.294 e. The highest BCUT2D eigenvalue weighted by Gasteiger charge is 2.29. The number of hydrogen-bond donors (Lipinski definition) is 2. The standard InChI is InChI=1S/C35H56N2O3S/c1-2-3-4-5-6-7-8-9-10-11-12-13-14-15-16-17-18-19-23-26-35-36-33-28-27-32(41(38,39)40)29-34(33)37(35)30-31-24-21-20-22-25-31/h20-22,24-25,27-29,35-36H,2-19,23,26,30H2,1H3,(H,38,39,40). The highest BCUT2D eigenvalue weighted by atomic mass is 32.2. The molecule has 1 heterocycles. The summed E-state index contributed by atoms with van der Waals surface area (Å²) in [6.07, 6.45) is 27.3. The Hall–Kier alpha value is -2.05. The fourth-order valence-electron chi connectivity index (χ4n) is 6.08. The Morgan fingerprint density at radius 1 is 0.683 bits per heavy atom. The number of rotatable bonds is 23. The second kappa shape index (κ2) is 19.2. The Kier molecular flexibility index (Phi) is 15.7. The first-order valence-electron chi connectivity index (χ1n) is 16.7. The molecule has 230 valence electrons. The van der Waals surface area contributed by atoms with Gasteiger partial charge in [-0.15, -0.1) is 0 Å². The molecule has 6 heteroatoms. The van der Waals surface area contributed by atoms with Gasteiger partial charge in [0.25, 0.3) is 10.1 Å². The lowest BCUT2D eigenvalue weighted by Gasteiger charge is -2.27. The van der Waals surface area contributed by atoms with E-state index < -0.39 is 10.1 Å². The van der Waals surface area contributed by atoms with Crippen LogP contribution in [0.2, 0.25) is 0 Å². The molecule has 1 aliphatic heterocycles. The van der Waals surface area contributed by atoms with Crippen LogP contribution < -0.4 is 10.2 Å². The molecule has 0 radical (unpaired) electrons. The van der Waals surface area contributed by atoms with Crippen molar-refractivity contribution in [2.24, 2.45) is 0 Å². The van der Waals surface area contributed by atoms with Crippen LogP contribution >= 0.6 is 0 Å². The maximum absolute atomic E-state index is 11.8. The number of benzene rings is 2. The zero-order valence-electron chi connectivity index (χ0n) is 25.7. The maximum atomic E-state index is 11.8. The Balaban J connectivity index is 1.24. The molecule has 0 aliphatic carbocycles. The van der Waals surface area contributed by atoms with Gasteiger partial charge in [0.05, 0.1) is 22.4 Å². The molecule has 1 aliphatic rings. The number of unbranched alkanes of at least 4 members (excludes halogenated alkanes) is 18. The SMILES string of the molecule is CCCCCCCCCCCCCCCCCCCCCC1Nc2ccc(S(=O)(=O)O)cc2N1Cc1ccccc1. The van der Waals surface area contributed by atoms with Crippen LogP contribution in [-0.4, -0.2) is 19.1 Å². The van der Waals surface area contributed by atoms with Crippen LogP contribution in [-0.2, 0) is 16.7 Å². The topological polar surface area (TPSA) is 69.6 Å². The van der Waals surface area contributed by atoms with Gasteiger partial charge in [-0.3, -0.25) is 4.55 Å². The van der Waals surface area contributed by atoms with E-state index in [2.05, 4.69) is 29.3 Å². The van der Waals surface area contributed by atoms with Gasteiger partial charge in [-0.25, -0.2) is 0 Å². The average molecular weight is 585 g/mol. The summed E-state index contributed by atoms with van der Waals surface area (Å²) in [6, 6.07) is 15.1. The van der Waals surface area contributed by atoms with E-state index in [0.29, 0.717) is 6.54 Å². The molecule has 1 unspecified atom stereocenters. The molecule has 1 atom stereocenters. The zero-order chi connectivity index (χ0) is 29.2. The lowest BCUT2D eigenvalue weighted by Crippen LogP contribution is -2.35. The summed E-state index contributed by atoms with van der Waals surface area (Å²) in [4.78, 5) is 2.19. The van der Waals surface area contributed by atoms with E-state index in [0.717, 1.165) is 24.2 Å². The molecule has 2 aromatic rings. The molecular weight excluding hydrogens is 528 g/mol. The van der Waals surface area contributed by atoms with Crippen molar-refractivity contribution in [3.63, 3.8) is 0 Å². The third-order valence-corrected chi connectivity index (χ3v) is 9.40. The van der Waals surface area contributed by atoms with E-state index in [1.165, 1.54) is 127 Å². The monoisotopic (exact) mass is 584 g/mol. The second-order valence-electron chi connectivity index (χ2n) is 12.1. The van der Waals surface area contributed by atoms with Crippen molar-refractivity contribution < 1.29 is 13.0 Å². The minimum Gasteiger partial charge on any atom is -0.363 e. The first-order valence-corrected chi connectivity index (χ1v) is 18.1. The summed E-state index contributed by atoms with van der Waals surface area (Å²) in [6.45, 7) is 2.98. The van der Waals surface area contributed by atoms with Crippen molar-refractivity contribution in [1.82, 2.24) is 0 Å². The van der Waals surface area contributed by atoms with Gasteiger partial charge in [0.1, 0.15) is 0 Å². The van der Waals surface area contributed by atoms with Crippen LogP contribution in [0.5, 0.6) is 0 Å². The van der Waals surface area contributed by atoms with E-state index in [1.807, 2.05) is 18.2 Å². The normalized spacial score (nSPS) is 14.8. The van der Waals surface area contributed by atoms with Crippen LogP contribution in [0.3, 0.4) is 0 Å². The van der Waals surface area contributed by atoms with Gasteiger partial charge in [0, 0.05) is 6.54 Å². The molecule has 41 heavy (non-hydrogen) atoms. The largest absolute Gasteiger partial charge is 0.363 e. The first kappa shape index (κ1) is 33.5. The van der Waals surface area contributed by atoms with E-state index in [9.17, 15) is 13.0 Å². The molecule has 2 aromatic carbocycles. The van der Waals surface area contributed by atoms with Crippen LogP contribution in [0.4, 0.5) is 11.4 Å². The molecule has 3 rings (SSSR count). The number of anilines is 2. The molecule has 2 N–H and O–H groups in total. The highest BCUT2D eigenvalue weighted by Crippen LogP contribution is 2.39. The van der Waals surface area contributed by atoms with Gasteiger partial charge in [-0.2, -0.15) is 8.42 Å².